The number of hydrogen-bond acceptors (Lipinski definition) is 4. The van der Waals surface area contributed by atoms with Crippen molar-refractivity contribution in [2.45, 2.75) is 4.90 Å². The molecule has 0 bridgehead atoms. The summed E-state index contributed by atoms with van der Waals surface area (Å²) in [5.74, 6) is -1.97. The molecule has 2 N–H and O–H groups in total. The Kier molecular flexibility index (Phi) is 4.78. The van der Waals surface area contributed by atoms with E-state index in [4.69, 9.17) is 0 Å². The number of nitrogens with one attached hydrogen (secondary N) is 2. The lowest BCUT2D eigenvalue weighted by Gasteiger charge is -2.10. The Morgan fingerprint density at radius 3 is 2.46 bits per heavy atom. The minimum absolute atomic E-state index is 0.0125. The molecule has 3 rings (SSSR count). The summed E-state index contributed by atoms with van der Waals surface area (Å²) in [6.07, 6.45) is 2.54. The Bertz CT molecular complexity index is 1050. The number of imidazole rings is 1. The van der Waals surface area contributed by atoms with E-state index < -0.39 is 27.6 Å². The van der Waals surface area contributed by atoms with Crippen molar-refractivity contribution in [3.8, 4) is 5.69 Å². The fraction of sp³-hybridized carbons (Fsp3) is 0. The second kappa shape index (κ2) is 7.02. The molecule has 0 aliphatic heterocycles. The predicted octanol–water partition coefficient (Wildman–Crippen LogP) is 1.77. The lowest BCUT2D eigenvalue weighted by atomic mass is 10.3. The molecule has 0 spiro atoms. The number of carbonyl (C=O) groups is 1. The van der Waals surface area contributed by atoms with Gasteiger partial charge in [-0.2, -0.15) is 0 Å². The van der Waals surface area contributed by atoms with Crippen molar-refractivity contribution >= 4 is 15.9 Å². The number of benzene rings is 2. The Balaban J connectivity index is 1.77. The zero-order valence-corrected chi connectivity index (χ0v) is 13.9. The third-order valence-electron chi connectivity index (χ3n) is 3.38. The Morgan fingerprint density at radius 1 is 1.04 bits per heavy atom. The topological polar surface area (TPSA) is 93.1 Å². The Morgan fingerprint density at radius 2 is 1.77 bits per heavy atom. The minimum atomic E-state index is -4.15. The van der Waals surface area contributed by atoms with Crippen LogP contribution >= 0.6 is 0 Å². The molecule has 0 saturated carbocycles. The summed E-state index contributed by atoms with van der Waals surface area (Å²) in [7, 11) is -4.15. The zero-order chi connectivity index (χ0) is 18.7. The highest BCUT2D eigenvalue weighted by Gasteiger charge is 2.18. The lowest BCUT2D eigenvalue weighted by molar-refractivity contribution is 0.0938. The van der Waals surface area contributed by atoms with E-state index in [0.29, 0.717) is 5.69 Å². The van der Waals surface area contributed by atoms with Gasteiger partial charge in [-0.05, 0) is 42.5 Å². The third kappa shape index (κ3) is 3.76. The molecule has 10 heteroatoms. The fourth-order valence-electron chi connectivity index (χ4n) is 2.14. The molecule has 134 valence electrons. The van der Waals surface area contributed by atoms with Gasteiger partial charge < -0.3 is 0 Å². The molecule has 0 radical (unpaired) electrons. The van der Waals surface area contributed by atoms with E-state index in [9.17, 15) is 22.0 Å². The molecule has 0 aliphatic carbocycles. The van der Waals surface area contributed by atoms with Gasteiger partial charge in [0.05, 0.1) is 17.4 Å². The highest BCUT2D eigenvalue weighted by molar-refractivity contribution is 7.89. The van der Waals surface area contributed by atoms with Crippen LogP contribution in [0.5, 0.6) is 0 Å². The molecule has 0 aliphatic rings. The molecule has 0 unspecified atom stereocenters. The number of rotatable bonds is 5. The normalized spacial score (nSPS) is 11.3. The summed E-state index contributed by atoms with van der Waals surface area (Å²) in [5, 5.41) is 0. The average molecular weight is 378 g/mol. The number of hydrazine groups is 1. The average Bonchev–Trinajstić information content (AvgIpc) is 3.10. The number of sulfonamides is 1. The van der Waals surface area contributed by atoms with Crippen molar-refractivity contribution in [3.63, 3.8) is 0 Å². The summed E-state index contributed by atoms with van der Waals surface area (Å²) in [4.78, 5) is 17.6. The van der Waals surface area contributed by atoms with Gasteiger partial charge in [0, 0.05) is 5.69 Å². The molecule has 26 heavy (non-hydrogen) atoms. The molecule has 2 aromatic carbocycles. The van der Waals surface area contributed by atoms with Crippen molar-refractivity contribution in [2.24, 2.45) is 0 Å². The maximum absolute atomic E-state index is 13.2. The highest BCUT2D eigenvalue weighted by atomic mass is 32.2. The van der Waals surface area contributed by atoms with Gasteiger partial charge in [0.25, 0.3) is 15.9 Å². The van der Waals surface area contributed by atoms with E-state index in [2.05, 4.69) is 4.98 Å². The molecule has 0 fully saturated rings. The maximum Gasteiger partial charge on any atom is 0.284 e. The van der Waals surface area contributed by atoms with Crippen LogP contribution in [0.15, 0.2) is 66.0 Å². The molecular formula is C16H12F2N4O3S. The second-order valence-electron chi connectivity index (χ2n) is 5.14. The number of amides is 1. The van der Waals surface area contributed by atoms with E-state index in [0.717, 1.165) is 12.1 Å². The first-order chi connectivity index (χ1) is 12.4. The zero-order valence-electron chi connectivity index (χ0n) is 13.1. The van der Waals surface area contributed by atoms with Gasteiger partial charge in [0.15, 0.2) is 0 Å². The molecular weight excluding hydrogens is 366 g/mol. The number of nitrogens with zero attached hydrogens (tertiary/aromatic N) is 2. The smallest absolute Gasteiger partial charge is 0.284 e. The van der Waals surface area contributed by atoms with Crippen LogP contribution in [0.4, 0.5) is 8.78 Å². The van der Waals surface area contributed by atoms with Gasteiger partial charge >= 0.3 is 0 Å². The number of carbonyl (C=O) groups excluding carboxylic acids is 1. The van der Waals surface area contributed by atoms with Gasteiger partial charge in [-0.3, -0.25) is 14.8 Å². The van der Waals surface area contributed by atoms with Gasteiger partial charge in [-0.15, -0.1) is 4.83 Å². The van der Waals surface area contributed by atoms with Crippen molar-refractivity contribution in [3.05, 3.63) is 78.4 Å². The predicted molar refractivity (Wildman–Crippen MR) is 87.7 cm³/mol. The van der Waals surface area contributed by atoms with E-state index in [1.165, 1.54) is 53.5 Å². The Labute approximate surface area is 147 Å². The van der Waals surface area contributed by atoms with Crippen molar-refractivity contribution < 1.29 is 22.0 Å². The summed E-state index contributed by atoms with van der Waals surface area (Å²) in [5.41, 5.74) is 2.50. The van der Waals surface area contributed by atoms with E-state index in [1.54, 1.807) is 0 Å². The van der Waals surface area contributed by atoms with E-state index in [1.807, 2.05) is 10.3 Å². The summed E-state index contributed by atoms with van der Waals surface area (Å²) < 4.78 is 51.7. The van der Waals surface area contributed by atoms with Crippen molar-refractivity contribution in [1.82, 2.24) is 19.8 Å². The van der Waals surface area contributed by atoms with E-state index >= 15 is 0 Å². The van der Waals surface area contributed by atoms with Crippen LogP contribution in [0.3, 0.4) is 0 Å². The highest BCUT2D eigenvalue weighted by Crippen LogP contribution is 2.13. The molecule has 3 aromatic rings. The minimum Gasteiger partial charge on any atom is -0.295 e. The quantitative estimate of drug-likeness (QED) is 0.662. The third-order valence-corrected chi connectivity index (χ3v) is 4.63. The van der Waals surface area contributed by atoms with Gasteiger partial charge in [0.2, 0.25) is 0 Å². The van der Waals surface area contributed by atoms with Gasteiger partial charge in [-0.1, -0.05) is 6.07 Å². The largest absolute Gasteiger partial charge is 0.295 e. The monoisotopic (exact) mass is 378 g/mol. The molecule has 0 saturated heterocycles. The van der Waals surface area contributed by atoms with Crippen LogP contribution in [-0.2, 0) is 10.0 Å². The summed E-state index contributed by atoms with van der Waals surface area (Å²) >= 11 is 0. The van der Waals surface area contributed by atoms with Crippen molar-refractivity contribution in [2.75, 3.05) is 0 Å². The first-order valence-corrected chi connectivity index (χ1v) is 8.71. The number of hydrogen-bond donors (Lipinski definition) is 2. The van der Waals surface area contributed by atoms with Crippen LogP contribution in [0.1, 0.15) is 10.5 Å². The molecule has 1 aromatic heterocycles. The summed E-state index contributed by atoms with van der Waals surface area (Å²) in [6, 6.07) is 9.62. The van der Waals surface area contributed by atoms with E-state index in [-0.39, 0.29) is 10.6 Å². The fourth-order valence-corrected chi connectivity index (χ4v) is 3.01. The van der Waals surface area contributed by atoms with Gasteiger partial charge in [0.1, 0.15) is 17.3 Å². The maximum atomic E-state index is 13.2. The van der Waals surface area contributed by atoms with Gasteiger partial charge in [-0.25, -0.2) is 22.2 Å². The molecule has 0 atom stereocenters. The number of halogens is 2. The molecule has 1 amide bonds. The Hall–Kier alpha value is -3.11. The first kappa shape index (κ1) is 17.7. The van der Waals surface area contributed by atoms with Crippen molar-refractivity contribution in [1.29, 1.82) is 0 Å². The SMILES string of the molecule is O=C(NNS(=O)(=O)c1cccc(F)c1)c1cncn1-c1ccc(F)cc1. The first-order valence-electron chi connectivity index (χ1n) is 7.23. The standard InChI is InChI=1S/C16H12F2N4O3S/c17-11-4-6-13(7-5-11)22-10-19-9-15(22)16(23)20-21-26(24,25)14-3-1-2-12(18)8-14/h1-10,21H,(H,20,23). The van der Waals surface area contributed by atoms with Crippen LogP contribution in [0.2, 0.25) is 0 Å². The second-order valence-corrected chi connectivity index (χ2v) is 6.82. The molecule has 1 heterocycles. The summed E-state index contributed by atoms with van der Waals surface area (Å²) in [6.45, 7) is 0. The van der Waals surface area contributed by atoms with Crippen LogP contribution < -0.4 is 10.3 Å². The van der Waals surface area contributed by atoms with Crippen LogP contribution in [0.25, 0.3) is 5.69 Å². The molecule has 7 nitrogen and oxygen atoms in total. The number of aromatic nitrogens is 2. The van der Waals surface area contributed by atoms with Crippen LogP contribution in [0, 0.1) is 11.6 Å². The lowest BCUT2D eigenvalue weighted by Crippen LogP contribution is -2.42. The van der Waals surface area contributed by atoms with Crippen LogP contribution in [-0.4, -0.2) is 23.9 Å².